The minimum absolute atomic E-state index is 0.0809. The van der Waals surface area contributed by atoms with Crippen LogP contribution in [-0.2, 0) is 21.3 Å². The molecular formula is C21H23N3O4S2. The van der Waals surface area contributed by atoms with E-state index >= 15 is 0 Å². The third-order valence-electron chi connectivity index (χ3n) is 4.59. The van der Waals surface area contributed by atoms with Gasteiger partial charge in [0.2, 0.25) is 10.0 Å². The molecule has 0 atom stereocenters. The van der Waals surface area contributed by atoms with Crippen molar-refractivity contribution in [1.29, 1.82) is 0 Å². The van der Waals surface area contributed by atoms with E-state index in [0.717, 1.165) is 11.1 Å². The number of carbonyl (C=O) groups excluding carboxylic acids is 1. The van der Waals surface area contributed by atoms with Crippen molar-refractivity contribution in [3.63, 3.8) is 0 Å². The van der Waals surface area contributed by atoms with Crippen molar-refractivity contribution >= 4 is 27.8 Å². The number of sulfonamides is 1. The molecule has 2 N–H and O–H groups in total. The van der Waals surface area contributed by atoms with Gasteiger partial charge in [0.15, 0.2) is 5.69 Å². The van der Waals surface area contributed by atoms with E-state index in [9.17, 15) is 13.2 Å². The summed E-state index contributed by atoms with van der Waals surface area (Å²) in [6, 6.07) is 14.1. The summed E-state index contributed by atoms with van der Waals surface area (Å²) in [4.78, 5) is 17.0. The Kier molecular flexibility index (Phi) is 6.64. The Hall–Kier alpha value is -2.62. The van der Waals surface area contributed by atoms with Crippen molar-refractivity contribution in [2.75, 3.05) is 12.9 Å². The number of esters is 1. The van der Waals surface area contributed by atoms with Crippen LogP contribution < -0.4 is 5.14 Å². The van der Waals surface area contributed by atoms with Gasteiger partial charge in [-0.1, -0.05) is 42.5 Å². The molecule has 3 rings (SSSR count). The number of primary sulfonamides is 1. The summed E-state index contributed by atoms with van der Waals surface area (Å²) in [5.74, 6) is 0.312. The molecule has 0 unspecified atom stereocenters. The summed E-state index contributed by atoms with van der Waals surface area (Å²) in [7, 11) is -3.83. The van der Waals surface area contributed by atoms with Crippen molar-refractivity contribution < 1.29 is 17.9 Å². The van der Waals surface area contributed by atoms with Gasteiger partial charge in [0.05, 0.1) is 11.5 Å². The minimum atomic E-state index is -3.83. The number of hydrogen-bond acceptors (Lipinski definition) is 6. The SMILES string of the molecule is CCOC(=O)c1c(SC)nc(C)n1Cc1ccc(-c2ccccc2S(N)(=O)=O)cc1. The van der Waals surface area contributed by atoms with E-state index in [1.165, 1.54) is 17.8 Å². The van der Waals surface area contributed by atoms with Gasteiger partial charge >= 0.3 is 5.97 Å². The van der Waals surface area contributed by atoms with Crippen LogP contribution in [-0.4, -0.2) is 36.8 Å². The number of carbonyl (C=O) groups is 1. The van der Waals surface area contributed by atoms with E-state index in [1.54, 1.807) is 25.1 Å². The van der Waals surface area contributed by atoms with Gasteiger partial charge < -0.3 is 9.30 Å². The summed E-state index contributed by atoms with van der Waals surface area (Å²) in [6.45, 7) is 4.33. The molecule has 0 aliphatic heterocycles. The standard InChI is InChI=1S/C21H23N3O4S2/c1-4-28-21(25)19-20(29-3)23-14(2)24(19)13-15-9-11-16(12-10-15)17-7-5-6-8-18(17)30(22,26)27/h5-12H,4,13H2,1-3H3,(H2,22,26,27). The molecule has 3 aromatic rings. The predicted octanol–water partition coefficient (Wildman–Crippen LogP) is 3.45. The molecule has 0 saturated carbocycles. The average Bonchev–Trinajstić information content (AvgIpc) is 3.03. The molecule has 7 nitrogen and oxygen atoms in total. The molecule has 30 heavy (non-hydrogen) atoms. The van der Waals surface area contributed by atoms with Gasteiger partial charge in [-0.15, -0.1) is 11.8 Å². The number of hydrogen-bond donors (Lipinski definition) is 1. The number of aryl methyl sites for hydroxylation is 1. The molecule has 0 spiro atoms. The van der Waals surface area contributed by atoms with Gasteiger partial charge in [-0.3, -0.25) is 0 Å². The second-order valence-electron chi connectivity index (χ2n) is 6.56. The largest absolute Gasteiger partial charge is 0.461 e. The number of thioether (sulfide) groups is 1. The van der Waals surface area contributed by atoms with Crippen LogP contribution in [0.4, 0.5) is 0 Å². The lowest BCUT2D eigenvalue weighted by Crippen LogP contribution is -2.15. The van der Waals surface area contributed by atoms with Gasteiger partial charge in [-0.05, 0) is 37.3 Å². The molecule has 0 radical (unpaired) electrons. The summed E-state index contributed by atoms with van der Waals surface area (Å²) in [5, 5.41) is 5.97. The highest BCUT2D eigenvalue weighted by molar-refractivity contribution is 7.98. The molecule has 1 aromatic heterocycles. The maximum Gasteiger partial charge on any atom is 0.357 e. The highest BCUT2D eigenvalue weighted by Crippen LogP contribution is 2.28. The summed E-state index contributed by atoms with van der Waals surface area (Å²) in [5.41, 5.74) is 2.65. The third-order valence-corrected chi connectivity index (χ3v) is 6.23. The normalized spacial score (nSPS) is 11.5. The highest BCUT2D eigenvalue weighted by Gasteiger charge is 2.22. The molecule has 0 saturated heterocycles. The Morgan fingerprint density at radius 2 is 1.83 bits per heavy atom. The monoisotopic (exact) mass is 445 g/mol. The maximum atomic E-state index is 12.5. The number of rotatable bonds is 7. The zero-order chi connectivity index (χ0) is 21.9. The molecular weight excluding hydrogens is 422 g/mol. The van der Waals surface area contributed by atoms with Gasteiger partial charge in [0.1, 0.15) is 10.9 Å². The lowest BCUT2D eigenvalue weighted by atomic mass is 10.0. The Morgan fingerprint density at radius 3 is 2.43 bits per heavy atom. The van der Waals surface area contributed by atoms with Crippen molar-refractivity contribution in [3.8, 4) is 11.1 Å². The summed E-state index contributed by atoms with van der Waals surface area (Å²) < 4.78 is 30.8. The molecule has 9 heteroatoms. The lowest BCUT2D eigenvalue weighted by Gasteiger charge is -2.12. The van der Waals surface area contributed by atoms with Crippen LogP contribution in [0.15, 0.2) is 58.5 Å². The topological polar surface area (TPSA) is 104 Å². The number of nitrogens with zero attached hydrogens (tertiary/aromatic N) is 2. The minimum Gasteiger partial charge on any atom is -0.461 e. The van der Waals surface area contributed by atoms with Crippen LogP contribution in [0.5, 0.6) is 0 Å². The van der Waals surface area contributed by atoms with Crippen molar-refractivity contribution in [2.24, 2.45) is 5.14 Å². The Labute approximate surface area is 180 Å². The summed E-state index contributed by atoms with van der Waals surface area (Å²) >= 11 is 1.40. The molecule has 2 aromatic carbocycles. The maximum absolute atomic E-state index is 12.5. The first-order valence-corrected chi connectivity index (χ1v) is 12.0. The van der Waals surface area contributed by atoms with Crippen LogP contribution in [0, 0.1) is 6.92 Å². The third kappa shape index (κ3) is 4.58. The van der Waals surface area contributed by atoms with E-state index in [4.69, 9.17) is 9.88 Å². The fourth-order valence-electron chi connectivity index (χ4n) is 3.20. The van der Waals surface area contributed by atoms with Gasteiger partial charge in [0, 0.05) is 12.1 Å². The molecule has 0 aliphatic carbocycles. The number of benzene rings is 2. The zero-order valence-corrected chi connectivity index (χ0v) is 18.6. The first-order valence-electron chi connectivity index (χ1n) is 9.25. The van der Waals surface area contributed by atoms with Gasteiger partial charge in [-0.25, -0.2) is 23.3 Å². The molecule has 0 bridgehead atoms. The number of aromatic nitrogens is 2. The molecule has 1 heterocycles. The van der Waals surface area contributed by atoms with E-state index in [-0.39, 0.29) is 11.5 Å². The van der Waals surface area contributed by atoms with Crippen molar-refractivity contribution in [3.05, 3.63) is 65.6 Å². The van der Waals surface area contributed by atoms with E-state index in [2.05, 4.69) is 4.98 Å². The second-order valence-corrected chi connectivity index (χ2v) is 8.89. The fourth-order valence-corrected chi connectivity index (χ4v) is 4.57. The van der Waals surface area contributed by atoms with E-state index < -0.39 is 16.0 Å². The number of imidazole rings is 1. The van der Waals surface area contributed by atoms with Gasteiger partial charge in [0.25, 0.3) is 0 Å². The van der Waals surface area contributed by atoms with Crippen LogP contribution in [0.2, 0.25) is 0 Å². The Bertz CT molecular complexity index is 1170. The first-order chi connectivity index (χ1) is 14.3. The number of ether oxygens (including phenoxy) is 1. The van der Waals surface area contributed by atoms with Crippen molar-refractivity contribution in [2.45, 2.75) is 30.3 Å². The fraction of sp³-hybridized carbons (Fsp3) is 0.238. The van der Waals surface area contributed by atoms with E-state index in [1.807, 2.05) is 42.0 Å². The van der Waals surface area contributed by atoms with E-state index in [0.29, 0.717) is 28.7 Å². The Morgan fingerprint density at radius 1 is 1.17 bits per heavy atom. The Balaban J connectivity index is 1.95. The van der Waals surface area contributed by atoms with Crippen LogP contribution in [0.1, 0.15) is 28.8 Å². The molecule has 0 amide bonds. The number of nitrogens with two attached hydrogens (primary N) is 1. The highest BCUT2D eigenvalue weighted by atomic mass is 32.2. The summed E-state index contributed by atoms with van der Waals surface area (Å²) in [6.07, 6.45) is 1.87. The molecule has 0 aliphatic rings. The zero-order valence-electron chi connectivity index (χ0n) is 17.0. The van der Waals surface area contributed by atoms with Crippen LogP contribution in [0.3, 0.4) is 0 Å². The lowest BCUT2D eigenvalue weighted by molar-refractivity contribution is 0.0509. The van der Waals surface area contributed by atoms with Crippen molar-refractivity contribution in [1.82, 2.24) is 9.55 Å². The second kappa shape index (κ2) is 9.03. The predicted molar refractivity (Wildman–Crippen MR) is 117 cm³/mol. The smallest absolute Gasteiger partial charge is 0.357 e. The first kappa shape index (κ1) is 22.1. The van der Waals surface area contributed by atoms with Gasteiger partial charge in [-0.2, -0.15) is 0 Å². The average molecular weight is 446 g/mol. The molecule has 158 valence electrons. The van der Waals surface area contributed by atoms with Crippen LogP contribution in [0.25, 0.3) is 11.1 Å². The van der Waals surface area contributed by atoms with Crippen LogP contribution >= 0.6 is 11.8 Å². The molecule has 0 fully saturated rings. The quantitative estimate of drug-likeness (QED) is 0.441.